The minimum Gasteiger partial charge on any atom is -0.497 e. The molecule has 143 heavy (non-hydrogen) atoms. The van der Waals surface area contributed by atoms with E-state index in [1.54, 1.807) is 130 Å². The summed E-state index contributed by atoms with van der Waals surface area (Å²) in [5, 5.41) is 65.4. The number of ether oxygens (including phenoxy) is 7. The second kappa shape index (κ2) is 46.6. The number of alkyl halides is 3. The van der Waals surface area contributed by atoms with Gasteiger partial charge in [0.1, 0.15) is 64.0 Å². The SMILES string of the molecule is CCn1cc(-c2cnc3ccc(N(CC(O)CO)c4cc(F)cc(OC)c4)cc3n2)cn1.CCn1cc(-c2cnc3ccc(N(CCCNCC(F)(F)F)c4cc(OC)cc(OC)c4)cc3n2)cn1.COc1cc(OC)cc(N(CC(O)Cn2ccnc2C)c2ccc3ncc(-c4cnn(C)c4)nc3c2)c1.COc1cc(OC)cc(N(CC(O)Cn2ncnc2C)c2ccc3ncc(-c4cnn(C)c4)nc3c2)c1. The normalized spacial score (nSPS) is 12.0. The number of fused-ring (bicyclic) bond motifs is 4. The second-order valence-electron chi connectivity index (χ2n) is 33.1. The van der Waals surface area contributed by atoms with E-state index in [1.165, 1.54) is 25.6 Å². The van der Waals surface area contributed by atoms with Crippen LogP contribution >= 0.6 is 0 Å². The molecule has 10 heterocycles. The third-order valence-electron chi connectivity index (χ3n) is 23.2. The maximum atomic E-state index is 14.2. The molecule has 18 rings (SSSR count). The summed E-state index contributed by atoms with van der Waals surface area (Å²) in [6, 6.07) is 43.9. The van der Waals surface area contributed by atoms with Crippen LogP contribution in [0.4, 0.5) is 63.1 Å². The van der Waals surface area contributed by atoms with Crippen LogP contribution < -0.4 is 58.1 Å². The number of nitrogens with one attached hydrogen (secondary N) is 1. The fourth-order valence-electron chi connectivity index (χ4n) is 15.7. The quantitative estimate of drug-likeness (QED) is 0.0178. The zero-order valence-electron chi connectivity index (χ0n) is 81.1. The van der Waals surface area contributed by atoms with Crippen LogP contribution in [0.2, 0.25) is 0 Å². The van der Waals surface area contributed by atoms with E-state index in [-0.39, 0.29) is 19.6 Å². The van der Waals surface area contributed by atoms with Crippen molar-refractivity contribution in [1.82, 2.24) is 109 Å². The fourth-order valence-corrected chi connectivity index (χ4v) is 15.7. The van der Waals surface area contributed by atoms with Gasteiger partial charge in [-0.2, -0.15) is 38.7 Å². The average molecular weight is 1950 g/mol. The van der Waals surface area contributed by atoms with E-state index < -0.39 is 43.5 Å². The average Bonchev–Trinajstić information content (AvgIpc) is 1.77. The van der Waals surface area contributed by atoms with Crippen molar-refractivity contribution in [2.24, 2.45) is 14.1 Å². The van der Waals surface area contributed by atoms with Gasteiger partial charge in [-0.1, -0.05) is 0 Å². The van der Waals surface area contributed by atoms with Crippen LogP contribution in [-0.4, -0.2) is 244 Å². The fraction of sp³-hybridized carbons (Fsp3) is 0.284. The zero-order valence-corrected chi connectivity index (χ0v) is 81.1. The Morgan fingerprint density at radius 3 is 1.08 bits per heavy atom. The molecule has 0 fully saturated rings. The molecule has 0 saturated heterocycles. The summed E-state index contributed by atoms with van der Waals surface area (Å²) < 4.78 is 101. The first kappa shape index (κ1) is 101. The molecule has 37 nitrogen and oxygen atoms in total. The number of aliphatic hydroxyl groups is 4. The van der Waals surface area contributed by atoms with Gasteiger partial charge in [0, 0.05) is 205 Å². The molecule has 0 amide bonds. The summed E-state index contributed by atoms with van der Waals surface area (Å²) in [7, 11) is 14.8. The lowest BCUT2D eigenvalue weighted by Crippen LogP contribution is -2.32. The summed E-state index contributed by atoms with van der Waals surface area (Å²) in [4.78, 5) is 53.6. The summed E-state index contributed by atoms with van der Waals surface area (Å²) in [5.41, 5.74) is 18.1. The first-order valence-electron chi connectivity index (χ1n) is 45.7. The Balaban J connectivity index is 0.000000144. The van der Waals surface area contributed by atoms with E-state index in [1.807, 2.05) is 223 Å². The molecule has 41 heteroatoms. The van der Waals surface area contributed by atoms with E-state index in [0.717, 1.165) is 120 Å². The predicted octanol–water partition coefficient (Wildman–Crippen LogP) is 15.3. The number of imidazole rings is 1. The van der Waals surface area contributed by atoms with Gasteiger partial charge >= 0.3 is 6.18 Å². The number of halogens is 4. The lowest BCUT2D eigenvalue weighted by molar-refractivity contribution is -0.124. The van der Waals surface area contributed by atoms with Crippen molar-refractivity contribution in [3.8, 4) is 85.3 Å². The Labute approximate surface area is 820 Å². The number of rotatable bonds is 37. The van der Waals surface area contributed by atoms with Crippen LogP contribution in [0.5, 0.6) is 40.2 Å². The van der Waals surface area contributed by atoms with Gasteiger partial charge in [-0.05, 0) is 120 Å². The summed E-state index contributed by atoms with van der Waals surface area (Å²) in [6.07, 6.45) is 20.4. The molecular weight excluding hydrogens is 1840 g/mol. The highest BCUT2D eigenvalue weighted by Gasteiger charge is 2.28. The first-order valence-corrected chi connectivity index (χ1v) is 45.7. The van der Waals surface area contributed by atoms with Gasteiger partial charge in [0.25, 0.3) is 0 Å². The number of aryl methyl sites for hydroxylation is 6. The van der Waals surface area contributed by atoms with Crippen molar-refractivity contribution in [2.75, 3.05) is 115 Å². The minimum atomic E-state index is -4.25. The van der Waals surface area contributed by atoms with E-state index >= 15 is 0 Å². The molecule has 0 radical (unpaired) electrons. The molecule has 0 aliphatic heterocycles. The van der Waals surface area contributed by atoms with Crippen LogP contribution in [0.3, 0.4) is 0 Å². The third kappa shape index (κ3) is 25.8. The van der Waals surface area contributed by atoms with Crippen molar-refractivity contribution in [1.29, 1.82) is 0 Å². The van der Waals surface area contributed by atoms with E-state index in [0.29, 0.717) is 112 Å². The van der Waals surface area contributed by atoms with Crippen LogP contribution in [0.1, 0.15) is 31.9 Å². The number of anilines is 8. The van der Waals surface area contributed by atoms with Crippen LogP contribution in [0.25, 0.3) is 89.2 Å². The maximum absolute atomic E-state index is 14.2. The topological polar surface area (TPSA) is 393 Å². The molecule has 8 aromatic carbocycles. The highest BCUT2D eigenvalue weighted by atomic mass is 19.4. The minimum absolute atomic E-state index is 0.0466. The standard InChI is InChI=1S/C27H29N7O3.C26H29F3N6O2.C26H28N8O3.C23H24FN5O3/c1-18-28-7-8-33(18)16-22(35)17-34(21-9-23(36-3)12-24(10-21)37-4)20-5-6-25-26(11-20)31-27(14-29-25)19-13-30-32(2)15-19;1-4-34-16-18(14-32-34)25-15-31-23-7-6-19(12-24(23)33-25)35(9-5-8-30-17-26(27,28)29)20-10-21(36-2)13-22(11-20)37-3;1-17-28-16-30-34(17)15-21(35)14-33(20-7-22(36-3)10-23(8-20)37-4)19-5-6-24-25(9-19)31-26(12-27-24)18-11-29-32(2)13-18;1-3-28-12-15(10-26-28)23-11-25-21-5-4-17(9-22(21)27-23)29(13-19(31)14-30)18-6-16(24)7-20(8-18)32-2/h5-15,22,35H,16-17H2,1-4H3;6-7,10-16,30H,4-5,8-9,17H2,1-3H3;5-13,16,21,35H,14-15H2,1-4H3;4-12,19,30-31H,3,13-14H2,1-2H3. The van der Waals surface area contributed by atoms with Crippen molar-refractivity contribution in [2.45, 2.75) is 84.8 Å². The predicted molar refractivity (Wildman–Crippen MR) is 536 cm³/mol. The number of aliphatic hydroxyl groups excluding tert-OH is 4. The number of benzene rings is 8. The largest absolute Gasteiger partial charge is 0.497 e. The van der Waals surface area contributed by atoms with E-state index in [4.69, 9.17) is 53.1 Å². The smallest absolute Gasteiger partial charge is 0.401 e. The summed E-state index contributed by atoms with van der Waals surface area (Å²) in [5.74, 6) is 5.24. The second-order valence-corrected chi connectivity index (χ2v) is 33.1. The number of nitrogens with zero attached hydrogens (tertiary/aromatic N) is 25. The van der Waals surface area contributed by atoms with Crippen molar-refractivity contribution in [3.63, 3.8) is 0 Å². The summed E-state index contributed by atoms with van der Waals surface area (Å²) in [6.45, 7) is 9.82. The Hall–Kier alpha value is -16.4. The molecule has 3 atom stereocenters. The Kier molecular flexibility index (Phi) is 32.9. The van der Waals surface area contributed by atoms with Crippen LogP contribution in [-0.2, 0) is 40.3 Å². The molecule has 742 valence electrons. The van der Waals surface area contributed by atoms with Gasteiger partial charge in [0.15, 0.2) is 0 Å². The van der Waals surface area contributed by atoms with E-state index in [2.05, 4.69) is 60.7 Å². The number of methoxy groups -OCH3 is 7. The molecule has 18 aromatic rings. The highest BCUT2D eigenvalue weighted by molar-refractivity contribution is 5.87. The molecule has 10 aromatic heterocycles. The van der Waals surface area contributed by atoms with Crippen molar-refractivity contribution < 1.29 is 71.1 Å². The first-order chi connectivity index (χ1) is 69.1. The third-order valence-corrected chi connectivity index (χ3v) is 23.2. The molecule has 0 saturated carbocycles. The lowest BCUT2D eigenvalue weighted by atomic mass is 10.1. The molecule has 0 spiro atoms. The Morgan fingerprint density at radius 2 is 0.741 bits per heavy atom. The number of hydrogen-bond donors (Lipinski definition) is 5. The number of hydrogen-bond acceptors (Lipinski definition) is 31. The van der Waals surface area contributed by atoms with E-state index in [9.17, 15) is 38.0 Å². The molecule has 5 N–H and O–H groups in total. The van der Waals surface area contributed by atoms with Gasteiger partial charge in [-0.15, -0.1) is 0 Å². The van der Waals surface area contributed by atoms with Gasteiger partial charge < -0.3 is 83.1 Å². The molecule has 0 aliphatic rings. The molecule has 3 unspecified atom stereocenters. The van der Waals surface area contributed by atoms with Gasteiger partial charge in [0.2, 0.25) is 0 Å². The monoisotopic (exact) mass is 1950 g/mol. The Morgan fingerprint density at radius 1 is 0.385 bits per heavy atom. The van der Waals surface area contributed by atoms with Gasteiger partial charge in [0.05, 0.1) is 230 Å². The van der Waals surface area contributed by atoms with Gasteiger partial charge in [-0.25, -0.2) is 39.0 Å². The maximum Gasteiger partial charge on any atom is 0.401 e. The number of aromatic nitrogens is 21. The Bertz CT molecular complexity index is 7040. The molecular formula is C102H110F4N26O11. The zero-order chi connectivity index (χ0) is 101. The highest BCUT2D eigenvalue weighted by Crippen LogP contribution is 2.41. The van der Waals surface area contributed by atoms with Crippen LogP contribution in [0, 0.1) is 19.7 Å². The van der Waals surface area contributed by atoms with Crippen molar-refractivity contribution >= 4 is 89.6 Å². The van der Waals surface area contributed by atoms with Gasteiger partial charge in [-0.3, -0.25) is 38.7 Å². The van der Waals surface area contributed by atoms with Crippen molar-refractivity contribution in [3.05, 3.63) is 256 Å². The molecule has 0 bridgehead atoms. The molecule has 0 aliphatic carbocycles. The summed E-state index contributed by atoms with van der Waals surface area (Å²) >= 11 is 0. The van der Waals surface area contributed by atoms with Crippen LogP contribution in [0.15, 0.2) is 239 Å². The lowest BCUT2D eigenvalue weighted by Gasteiger charge is -2.28.